The number of hydrogen-bond acceptors (Lipinski definition) is 3. The highest BCUT2D eigenvalue weighted by Crippen LogP contribution is 2.40. The van der Waals surface area contributed by atoms with Crippen LogP contribution in [-0.4, -0.2) is 11.8 Å². The van der Waals surface area contributed by atoms with E-state index >= 15 is 0 Å². The van der Waals surface area contributed by atoms with Crippen LogP contribution in [0.15, 0.2) is 48.5 Å². The third-order valence-corrected chi connectivity index (χ3v) is 7.04. The fraction of sp³-hybridized carbons (Fsp3) is 0.217. The Morgan fingerprint density at radius 1 is 0.967 bits per heavy atom. The van der Waals surface area contributed by atoms with Gasteiger partial charge in [0.05, 0.1) is 26.9 Å². The largest absolute Gasteiger partial charge is 0.321 e. The molecule has 1 aliphatic carbocycles. The molecule has 1 unspecified atom stereocenters. The highest BCUT2D eigenvalue weighted by molar-refractivity contribution is 7.17. The molecule has 1 atom stereocenters. The Bertz CT molecular complexity index is 1130. The second kappa shape index (κ2) is 8.80. The molecule has 0 saturated heterocycles. The Morgan fingerprint density at radius 2 is 1.67 bits per heavy atom. The van der Waals surface area contributed by atoms with Crippen molar-refractivity contribution < 1.29 is 9.59 Å². The van der Waals surface area contributed by atoms with Gasteiger partial charge in [0.1, 0.15) is 5.00 Å². The van der Waals surface area contributed by atoms with Gasteiger partial charge in [0.2, 0.25) is 0 Å². The zero-order valence-electron chi connectivity index (χ0n) is 16.3. The summed E-state index contributed by atoms with van der Waals surface area (Å²) in [6.45, 7) is 2.20. The fourth-order valence-electron chi connectivity index (χ4n) is 3.64. The summed E-state index contributed by atoms with van der Waals surface area (Å²) in [6.07, 6.45) is 2.71. The summed E-state index contributed by atoms with van der Waals surface area (Å²) in [6, 6.07) is 14.0. The Labute approximate surface area is 189 Å². The van der Waals surface area contributed by atoms with Gasteiger partial charge in [0, 0.05) is 4.88 Å². The summed E-state index contributed by atoms with van der Waals surface area (Å²) in [4.78, 5) is 27.2. The van der Waals surface area contributed by atoms with Crippen LogP contribution >= 0.6 is 34.5 Å². The van der Waals surface area contributed by atoms with Crippen molar-refractivity contribution in [1.82, 2.24) is 0 Å². The molecule has 4 nitrogen and oxygen atoms in total. The normalized spacial score (nSPS) is 15.4. The molecule has 2 amide bonds. The molecule has 1 aliphatic rings. The average molecular weight is 459 g/mol. The van der Waals surface area contributed by atoms with Crippen molar-refractivity contribution in [3.63, 3.8) is 0 Å². The minimum atomic E-state index is -0.334. The number of hydrogen-bond donors (Lipinski definition) is 2. The lowest BCUT2D eigenvalue weighted by atomic mass is 9.88. The predicted octanol–water partition coefficient (Wildman–Crippen LogP) is 6.68. The molecule has 154 valence electrons. The van der Waals surface area contributed by atoms with E-state index in [0.717, 1.165) is 29.7 Å². The van der Waals surface area contributed by atoms with E-state index in [-0.39, 0.29) is 11.8 Å². The Kier molecular flexibility index (Phi) is 6.14. The SMILES string of the molecule is CC1CCc2c(sc(NC(=O)c3ccccc3Cl)c2C(=O)Nc2ccccc2Cl)C1. The van der Waals surface area contributed by atoms with Crippen LogP contribution in [0, 0.1) is 5.92 Å². The molecule has 0 fully saturated rings. The Balaban J connectivity index is 1.70. The van der Waals surface area contributed by atoms with Gasteiger partial charge in [-0.2, -0.15) is 0 Å². The topological polar surface area (TPSA) is 58.2 Å². The second-order valence-corrected chi connectivity index (χ2v) is 9.34. The lowest BCUT2D eigenvalue weighted by Crippen LogP contribution is -2.19. The monoisotopic (exact) mass is 458 g/mol. The maximum Gasteiger partial charge on any atom is 0.258 e. The summed E-state index contributed by atoms with van der Waals surface area (Å²) in [5.74, 6) is -0.0635. The average Bonchev–Trinajstić information content (AvgIpc) is 3.06. The maximum atomic E-state index is 13.2. The van der Waals surface area contributed by atoms with E-state index in [9.17, 15) is 9.59 Å². The van der Waals surface area contributed by atoms with E-state index in [1.807, 2.05) is 6.07 Å². The lowest BCUT2D eigenvalue weighted by molar-refractivity contribution is 0.102. The van der Waals surface area contributed by atoms with Gasteiger partial charge in [-0.1, -0.05) is 54.4 Å². The van der Waals surface area contributed by atoms with E-state index in [2.05, 4.69) is 17.6 Å². The van der Waals surface area contributed by atoms with E-state index in [0.29, 0.717) is 37.8 Å². The van der Waals surface area contributed by atoms with Gasteiger partial charge in [-0.25, -0.2) is 0 Å². The molecule has 7 heteroatoms. The standard InChI is InChI=1S/C23H20Cl2N2O2S/c1-13-10-11-15-19(12-13)30-23(27-21(28)14-6-2-3-7-16(14)24)20(15)22(29)26-18-9-5-4-8-17(18)25/h2-9,13H,10-12H2,1H3,(H,26,29)(H,27,28). The molecule has 30 heavy (non-hydrogen) atoms. The predicted molar refractivity (Wildman–Crippen MR) is 124 cm³/mol. The number of para-hydroxylation sites is 1. The number of anilines is 2. The number of carbonyl (C=O) groups is 2. The van der Waals surface area contributed by atoms with Crippen LogP contribution in [0.3, 0.4) is 0 Å². The number of amides is 2. The van der Waals surface area contributed by atoms with Crippen LogP contribution in [0.2, 0.25) is 10.0 Å². The van der Waals surface area contributed by atoms with Gasteiger partial charge in [0.15, 0.2) is 0 Å². The van der Waals surface area contributed by atoms with Gasteiger partial charge in [-0.15, -0.1) is 11.3 Å². The minimum absolute atomic E-state index is 0.274. The van der Waals surface area contributed by atoms with Crippen molar-refractivity contribution in [2.75, 3.05) is 10.6 Å². The molecule has 0 spiro atoms. The molecule has 0 aliphatic heterocycles. The lowest BCUT2D eigenvalue weighted by Gasteiger charge is -2.18. The first kappa shape index (κ1) is 20.9. The zero-order valence-corrected chi connectivity index (χ0v) is 18.6. The van der Waals surface area contributed by atoms with Crippen molar-refractivity contribution in [3.8, 4) is 0 Å². The summed E-state index contributed by atoms with van der Waals surface area (Å²) in [7, 11) is 0. The number of fused-ring (bicyclic) bond motifs is 1. The van der Waals surface area contributed by atoms with Crippen LogP contribution < -0.4 is 10.6 Å². The van der Waals surface area contributed by atoms with Gasteiger partial charge < -0.3 is 10.6 Å². The second-order valence-electron chi connectivity index (χ2n) is 7.42. The summed E-state index contributed by atoms with van der Waals surface area (Å²) in [5, 5.41) is 7.20. The van der Waals surface area contributed by atoms with E-state index < -0.39 is 0 Å². The van der Waals surface area contributed by atoms with Gasteiger partial charge in [-0.3, -0.25) is 9.59 Å². The van der Waals surface area contributed by atoms with Crippen LogP contribution in [0.4, 0.5) is 10.7 Å². The number of carbonyl (C=O) groups excluding carboxylic acids is 2. The van der Waals surface area contributed by atoms with Gasteiger partial charge in [0.25, 0.3) is 11.8 Å². The van der Waals surface area contributed by atoms with E-state index in [1.54, 1.807) is 42.5 Å². The molecule has 2 aromatic carbocycles. The van der Waals surface area contributed by atoms with Crippen LogP contribution in [0.1, 0.15) is 44.5 Å². The quantitative estimate of drug-likeness (QED) is 0.457. The van der Waals surface area contributed by atoms with Crippen molar-refractivity contribution in [2.45, 2.75) is 26.2 Å². The molecular weight excluding hydrogens is 439 g/mol. The van der Waals surface area contributed by atoms with Crippen molar-refractivity contribution in [1.29, 1.82) is 0 Å². The van der Waals surface area contributed by atoms with Crippen LogP contribution in [0.25, 0.3) is 0 Å². The molecule has 3 aromatic rings. The Morgan fingerprint density at radius 3 is 2.40 bits per heavy atom. The highest BCUT2D eigenvalue weighted by Gasteiger charge is 2.29. The van der Waals surface area contributed by atoms with Crippen LogP contribution in [0.5, 0.6) is 0 Å². The molecule has 1 aromatic heterocycles. The smallest absolute Gasteiger partial charge is 0.258 e. The van der Waals surface area contributed by atoms with Crippen LogP contribution in [-0.2, 0) is 12.8 Å². The number of halogens is 2. The third kappa shape index (κ3) is 4.24. The number of nitrogens with one attached hydrogen (secondary N) is 2. The zero-order chi connectivity index (χ0) is 21.3. The molecule has 2 N–H and O–H groups in total. The number of rotatable bonds is 4. The number of thiophene rings is 1. The number of benzene rings is 2. The van der Waals surface area contributed by atoms with Crippen molar-refractivity contribution in [3.05, 3.63) is 80.1 Å². The fourth-order valence-corrected chi connectivity index (χ4v) is 5.45. The Hall–Kier alpha value is -2.34. The van der Waals surface area contributed by atoms with Gasteiger partial charge >= 0.3 is 0 Å². The van der Waals surface area contributed by atoms with Gasteiger partial charge in [-0.05, 0) is 55.0 Å². The summed E-state index contributed by atoms with van der Waals surface area (Å²) >= 11 is 13.9. The van der Waals surface area contributed by atoms with Crippen molar-refractivity contribution in [2.24, 2.45) is 5.92 Å². The molecule has 0 saturated carbocycles. The first-order chi connectivity index (χ1) is 14.4. The molecule has 1 heterocycles. The molecule has 0 bridgehead atoms. The highest BCUT2D eigenvalue weighted by atomic mass is 35.5. The van der Waals surface area contributed by atoms with Crippen molar-refractivity contribution >= 4 is 57.0 Å². The first-order valence-corrected chi connectivity index (χ1v) is 11.3. The summed E-state index contributed by atoms with van der Waals surface area (Å²) < 4.78 is 0. The molecule has 4 rings (SSSR count). The minimum Gasteiger partial charge on any atom is -0.321 e. The maximum absolute atomic E-state index is 13.2. The molecule has 0 radical (unpaired) electrons. The van der Waals surface area contributed by atoms with E-state index in [1.165, 1.54) is 11.3 Å². The summed E-state index contributed by atoms with van der Waals surface area (Å²) in [5.41, 5.74) is 2.44. The third-order valence-electron chi connectivity index (χ3n) is 5.21. The first-order valence-electron chi connectivity index (χ1n) is 9.70. The van der Waals surface area contributed by atoms with E-state index in [4.69, 9.17) is 23.2 Å². The molecular formula is C23H20Cl2N2O2S.